The van der Waals surface area contributed by atoms with Crippen LogP contribution in [0.2, 0.25) is 10.0 Å². The number of nitrogens with one attached hydrogen (secondary N) is 1. The maximum Gasteiger partial charge on any atom is 0.281 e. The summed E-state index contributed by atoms with van der Waals surface area (Å²) >= 11 is 13.3. The molecule has 1 aromatic heterocycles. The van der Waals surface area contributed by atoms with Gasteiger partial charge in [0.1, 0.15) is 0 Å². The molecule has 136 valence electrons. The van der Waals surface area contributed by atoms with Gasteiger partial charge in [-0.1, -0.05) is 40.5 Å². The summed E-state index contributed by atoms with van der Waals surface area (Å²) < 4.78 is 2.59. The Bertz CT molecular complexity index is 1170. The van der Waals surface area contributed by atoms with Gasteiger partial charge in [-0.2, -0.15) is 4.99 Å². The highest BCUT2D eigenvalue weighted by Gasteiger charge is 2.13. The summed E-state index contributed by atoms with van der Waals surface area (Å²) in [6.07, 6.45) is 5.47. The van der Waals surface area contributed by atoms with E-state index in [9.17, 15) is 9.59 Å². The molecule has 0 unspecified atom stereocenters. The maximum atomic E-state index is 12.6. The van der Waals surface area contributed by atoms with Crippen molar-refractivity contribution in [3.63, 3.8) is 0 Å². The van der Waals surface area contributed by atoms with E-state index in [-0.39, 0.29) is 23.0 Å². The number of fused-ring (bicyclic) bond motifs is 1. The van der Waals surface area contributed by atoms with Crippen molar-refractivity contribution in [1.29, 1.82) is 0 Å². The molecule has 0 aliphatic heterocycles. The van der Waals surface area contributed by atoms with Gasteiger partial charge in [-0.15, -0.1) is 6.42 Å². The third-order valence-electron chi connectivity index (χ3n) is 3.61. The summed E-state index contributed by atoms with van der Waals surface area (Å²) in [5, 5.41) is 3.39. The topological polar surface area (TPSA) is 63.5 Å². The quantitative estimate of drug-likeness (QED) is 0.644. The average molecular weight is 418 g/mol. The number of carbonyl (C=O) groups is 2. The normalized spacial score (nSPS) is 11.4. The van der Waals surface area contributed by atoms with Crippen LogP contribution in [-0.4, -0.2) is 16.4 Å². The van der Waals surface area contributed by atoms with Crippen molar-refractivity contribution in [3.05, 3.63) is 56.8 Å². The number of anilines is 1. The number of hydrogen-bond acceptors (Lipinski definition) is 3. The predicted octanol–water partition coefficient (Wildman–Crippen LogP) is 4.34. The molecule has 2 amide bonds. The minimum Gasteiger partial charge on any atom is -0.326 e. The summed E-state index contributed by atoms with van der Waals surface area (Å²) in [6.45, 7) is 1.68. The Labute approximate surface area is 169 Å². The van der Waals surface area contributed by atoms with Crippen LogP contribution in [0.5, 0.6) is 0 Å². The van der Waals surface area contributed by atoms with Crippen molar-refractivity contribution in [3.8, 4) is 12.3 Å². The standard InChI is InChI=1S/C19H13Cl2N3O2S/c1-3-8-24-16-7-5-13(22-11(2)25)10-17(16)27-19(24)23-18(26)14-9-12(20)4-6-15(14)21/h1,4-7,9-10H,8H2,2H3,(H,22,25). The van der Waals surface area contributed by atoms with Crippen molar-refractivity contribution in [2.75, 3.05) is 5.32 Å². The zero-order chi connectivity index (χ0) is 19.6. The number of amides is 2. The van der Waals surface area contributed by atoms with Crippen LogP contribution in [0, 0.1) is 12.3 Å². The molecule has 0 bridgehead atoms. The van der Waals surface area contributed by atoms with Gasteiger partial charge < -0.3 is 9.88 Å². The molecule has 5 nitrogen and oxygen atoms in total. The van der Waals surface area contributed by atoms with Crippen molar-refractivity contribution in [2.24, 2.45) is 4.99 Å². The predicted molar refractivity (Wildman–Crippen MR) is 109 cm³/mol. The first kappa shape index (κ1) is 19.2. The fourth-order valence-electron chi connectivity index (χ4n) is 2.49. The van der Waals surface area contributed by atoms with Crippen LogP contribution in [0.3, 0.4) is 0 Å². The molecule has 0 fully saturated rings. The molecule has 3 rings (SSSR count). The SMILES string of the molecule is C#CCn1c(=NC(=O)c2cc(Cl)ccc2Cl)sc2cc(NC(C)=O)ccc21. The van der Waals surface area contributed by atoms with Crippen LogP contribution < -0.4 is 10.1 Å². The van der Waals surface area contributed by atoms with Gasteiger partial charge in [0.05, 0.1) is 27.3 Å². The van der Waals surface area contributed by atoms with Gasteiger partial charge in [0.2, 0.25) is 5.91 Å². The van der Waals surface area contributed by atoms with Crippen molar-refractivity contribution in [1.82, 2.24) is 4.57 Å². The van der Waals surface area contributed by atoms with Gasteiger partial charge in [-0.25, -0.2) is 0 Å². The number of terminal acetylenes is 1. The summed E-state index contributed by atoms with van der Waals surface area (Å²) in [4.78, 5) is 28.5. The largest absolute Gasteiger partial charge is 0.326 e. The monoisotopic (exact) mass is 417 g/mol. The molecule has 3 aromatic rings. The number of carbonyl (C=O) groups excluding carboxylic acids is 2. The average Bonchev–Trinajstić information content (AvgIpc) is 2.93. The molecule has 1 N–H and O–H groups in total. The Kier molecular flexibility index (Phi) is 5.66. The molecule has 0 saturated carbocycles. The molecule has 27 heavy (non-hydrogen) atoms. The van der Waals surface area contributed by atoms with Crippen LogP contribution in [0.4, 0.5) is 5.69 Å². The van der Waals surface area contributed by atoms with E-state index in [1.54, 1.807) is 22.8 Å². The van der Waals surface area contributed by atoms with E-state index in [0.29, 0.717) is 15.5 Å². The van der Waals surface area contributed by atoms with Gasteiger partial charge in [0, 0.05) is 17.6 Å². The van der Waals surface area contributed by atoms with E-state index < -0.39 is 5.91 Å². The highest BCUT2D eigenvalue weighted by atomic mass is 35.5. The number of hydrogen-bond donors (Lipinski definition) is 1. The summed E-state index contributed by atoms with van der Waals surface area (Å²) in [5.41, 5.74) is 1.68. The second-order valence-electron chi connectivity index (χ2n) is 5.58. The fraction of sp³-hybridized carbons (Fsp3) is 0.105. The Balaban J connectivity index is 2.14. The summed E-state index contributed by atoms with van der Waals surface area (Å²) in [5.74, 6) is 1.88. The van der Waals surface area contributed by atoms with Crippen molar-refractivity contribution >= 4 is 62.3 Å². The zero-order valence-corrected chi connectivity index (χ0v) is 16.5. The molecular weight excluding hydrogens is 405 g/mol. The molecular formula is C19H13Cl2N3O2S. The maximum absolute atomic E-state index is 12.6. The number of aromatic nitrogens is 1. The van der Waals surface area contributed by atoms with E-state index in [2.05, 4.69) is 16.2 Å². The van der Waals surface area contributed by atoms with E-state index in [1.807, 2.05) is 12.1 Å². The third kappa shape index (κ3) is 4.22. The van der Waals surface area contributed by atoms with Crippen LogP contribution >= 0.6 is 34.5 Å². The van der Waals surface area contributed by atoms with Crippen LogP contribution in [0.15, 0.2) is 41.4 Å². The fourth-order valence-corrected chi connectivity index (χ4v) is 3.93. The lowest BCUT2D eigenvalue weighted by Crippen LogP contribution is -2.16. The van der Waals surface area contributed by atoms with E-state index in [4.69, 9.17) is 29.6 Å². The first-order chi connectivity index (χ1) is 12.9. The molecule has 0 saturated heterocycles. The third-order valence-corrected chi connectivity index (χ3v) is 5.21. The number of halogens is 2. The molecule has 8 heteroatoms. The molecule has 0 aliphatic carbocycles. The molecule has 1 heterocycles. The summed E-state index contributed by atoms with van der Waals surface area (Å²) in [6, 6.07) is 10.0. The Morgan fingerprint density at radius 1 is 1.26 bits per heavy atom. The highest BCUT2D eigenvalue weighted by Crippen LogP contribution is 2.23. The lowest BCUT2D eigenvalue weighted by atomic mass is 10.2. The molecule has 0 spiro atoms. The van der Waals surface area contributed by atoms with Crippen molar-refractivity contribution < 1.29 is 9.59 Å². The number of nitrogens with zero attached hydrogens (tertiary/aromatic N) is 2. The lowest BCUT2D eigenvalue weighted by Gasteiger charge is -2.03. The van der Waals surface area contributed by atoms with Crippen LogP contribution in [0.1, 0.15) is 17.3 Å². The van der Waals surface area contributed by atoms with Gasteiger partial charge in [-0.3, -0.25) is 9.59 Å². The lowest BCUT2D eigenvalue weighted by molar-refractivity contribution is -0.114. The number of rotatable bonds is 3. The zero-order valence-electron chi connectivity index (χ0n) is 14.1. The minimum atomic E-state index is -0.512. The smallest absolute Gasteiger partial charge is 0.281 e. The number of benzene rings is 2. The van der Waals surface area contributed by atoms with Crippen LogP contribution in [-0.2, 0) is 11.3 Å². The minimum absolute atomic E-state index is 0.168. The first-order valence-corrected chi connectivity index (χ1v) is 9.35. The summed E-state index contributed by atoms with van der Waals surface area (Å²) in [7, 11) is 0. The second-order valence-corrected chi connectivity index (χ2v) is 7.43. The van der Waals surface area contributed by atoms with Gasteiger partial charge >= 0.3 is 0 Å². The van der Waals surface area contributed by atoms with E-state index in [0.717, 1.165) is 10.2 Å². The Hall–Kier alpha value is -2.59. The number of thiazole rings is 1. The Morgan fingerprint density at radius 3 is 2.74 bits per heavy atom. The molecule has 0 atom stereocenters. The van der Waals surface area contributed by atoms with Gasteiger partial charge in [-0.05, 0) is 36.4 Å². The molecule has 0 aliphatic rings. The first-order valence-electron chi connectivity index (χ1n) is 7.77. The van der Waals surface area contributed by atoms with E-state index >= 15 is 0 Å². The van der Waals surface area contributed by atoms with Crippen molar-refractivity contribution in [2.45, 2.75) is 13.5 Å². The molecule has 2 aromatic carbocycles. The Morgan fingerprint density at radius 2 is 2.04 bits per heavy atom. The van der Waals surface area contributed by atoms with Gasteiger partial charge in [0.15, 0.2) is 4.80 Å². The second kappa shape index (κ2) is 7.97. The molecule has 0 radical (unpaired) electrons. The van der Waals surface area contributed by atoms with Gasteiger partial charge in [0.25, 0.3) is 5.91 Å². The van der Waals surface area contributed by atoms with E-state index in [1.165, 1.54) is 24.3 Å². The van der Waals surface area contributed by atoms with Crippen LogP contribution in [0.25, 0.3) is 10.2 Å². The highest BCUT2D eigenvalue weighted by molar-refractivity contribution is 7.16.